The fourth-order valence-corrected chi connectivity index (χ4v) is 10.4. The molecule has 0 radical (unpaired) electrons. The summed E-state index contributed by atoms with van der Waals surface area (Å²) in [4.78, 5) is 2.45. The molecule has 0 fully saturated rings. The molecule has 0 bridgehead atoms. The van der Waals surface area contributed by atoms with Gasteiger partial charge in [-0.1, -0.05) is 115 Å². The molecule has 244 valence electrons. The SMILES string of the molecule is c1ccc(-n2c3ccccc3c3ccc(N(c4ccc(-c5cccc6sc7ccccc7c56)cc4)c4cccc5c4sc4ccccc45)cc32)cc1. The highest BCUT2D eigenvalue weighted by molar-refractivity contribution is 7.26. The monoisotopic (exact) mass is 698 g/mol. The zero-order valence-corrected chi connectivity index (χ0v) is 29.7. The molecule has 8 aromatic carbocycles. The summed E-state index contributed by atoms with van der Waals surface area (Å²) in [7, 11) is 0. The van der Waals surface area contributed by atoms with Gasteiger partial charge in [-0.25, -0.2) is 0 Å². The van der Waals surface area contributed by atoms with Gasteiger partial charge in [-0.3, -0.25) is 0 Å². The third-order valence-corrected chi connectivity index (χ3v) is 12.7. The maximum atomic E-state index is 2.45. The van der Waals surface area contributed by atoms with Crippen LogP contribution in [0.1, 0.15) is 0 Å². The van der Waals surface area contributed by atoms with E-state index in [0.717, 1.165) is 17.1 Å². The largest absolute Gasteiger partial charge is 0.309 e. The van der Waals surface area contributed by atoms with Crippen molar-refractivity contribution in [1.82, 2.24) is 4.57 Å². The van der Waals surface area contributed by atoms with Crippen LogP contribution in [0.2, 0.25) is 0 Å². The molecule has 0 aliphatic carbocycles. The summed E-state index contributed by atoms with van der Waals surface area (Å²) in [5, 5.41) is 7.75. The maximum Gasteiger partial charge on any atom is 0.0640 e. The lowest BCUT2D eigenvalue weighted by Crippen LogP contribution is -2.10. The lowest BCUT2D eigenvalue weighted by Gasteiger charge is -2.26. The number of nitrogens with zero attached hydrogens (tertiary/aromatic N) is 2. The number of benzene rings is 8. The van der Waals surface area contributed by atoms with E-state index in [2.05, 4.69) is 191 Å². The van der Waals surface area contributed by atoms with Crippen molar-refractivity contribution in [2.24, 2.45) is 0 Å². The van der Waals surface area contributed by atoms with Gasteiger partial charge in [0.05, 0.1) is 21.4 Å². The average Bonchev–Trinajstić information content (AvgIpc) is 3.88. The molecule has 0 saturated heterocycles. The maximum absolute atomic E-state index is 2.45. The van der Waals surface area contributed by atoms with Gasteiger partial charge in [-0.2, -0.15) is 0 Å². The van der Waals surface area contributed by atoms with Crippen molar-refractivity contribution in [2.45, 2.75) is 0 Å². The average molecular weight is 699 g/mol. The van der Waals surface area contributed by atoms with Gasteiger partial charge >= 0.3 is 0 Å². The highest BCUT2D eigenvalue weighted by Gasteiger charge is 2.21. The molecule has 0 amide bonds. The van der Waals surface area contributed by atoms with Crippen molar-refractivity contribution in [3.63, 3.8) is 0 Å². The van der Waals surface area contributed by atoms with Gasteiger partial charge in [-0.15, -0.1) is 22.7 Å². The first kappa shape index (κ1) is 29.5. The molecule has 0 saturated carbocycles. The van der Waals surface area contributed by atoms with E-state index in [1.54, 1.807) is 0 Å². The van der Waals surface area contributed by atoms with Crippen LogP contribution in [0.4, 0.5) is 17.1 Å². The normalized spacial score (nSPS) is 11.8. The Balaban J connectivity index is 1.15. The summed E-state index contributed by atoms with van der Waals surface area (Å²) in [5.74, 6) is 0. The summed E-state index contributed by atoms with van der Waals surface area (Å²) in [6.07, 6.45) is 0. The van der Waals surface area contributed by atoms with E-state index in [9.17, 15) is 0 Å². The first-order valence-electron chi connectivity index (χ1n) is 17.6. The molecular weight excluding hydrogens is 669 g/mol. The minimum Gasteiger partial charge on any atom is -0.309 e. The fourth-order valence-electron chi connectivity index (χ4n) is 8.09. The summed E-state index contributed by atoms with van der Waals surface area (Å²) in [6.45, 7) is 0. The zero-order valence-electron chi connectivity index (χ0n) is 28.0. The minimum atomic E-state index is 1.12. The number of rotatable bonds is 5. The van der Waals surface area contributed by atoms with E-state index in [1.807, 2.05) is 22.7 Å². The van der Waals surface area contributed by atoms with E-state index < -0.39 is 0 Å². The molecule has 0 N–H and O–H groups in total. The van der Waals surface area contributed by atoms with Gasteiger partial charge in [0.25, 0.3) is 0 Å². The summed E-state index contributed by atoms with van der Waals surface area (Å²) in [6, 6.07) is 66.6. The van der Waals surface area contributed by atoms with Gasteiger partial charge in [-0.05, 0) is 77.9 Å². The van der Waals surface area contributed by atoms with E-state index in [4.69, 9.17) is 0 Å². The first-order chi connectivity index (χ1) is 25.8. The summed E-state index contributed by atoms with van der Waals surface area (Å²) >= 11 is 3.74. The Morgan fingerprint density at radius 2 is 1.04 bits per heavy atom. The molecular formula is C48H30N2S2. The van der Waals surface area contributed by atoms with Crippen LogP contribution in [-0.2, 0) is 0 Å². The van der Waals surface area contributed by atoms with Crippen molar-refractivity contribution >= 4 is 102 Å². The molecule has 0 unspecified atom stereocenters. The van der Waals surface area contributed by atoms with Crippen molar-refractivity contribution in [3.8, 4) is 16.8 Å². The van der Waals surface area contributed by atoms with Gasteiger partial charge in [0.1, 0.15) is 0 Å². The number of fused-ring (bicyclic) bond motifs is 9. The van der Waals surface area contributed by atoms with E-state index >= 15 is 0 Å². The number of hydrogen-bond acceptors (Lipinski definition) is 3. The Bertz CT molecular complexity index is 3130. The van der Waals surface area contributed by atoms with Crippen molar-refractivity contribution < 1.29 is 0 Å². The number of thiophene rings is 2. The van der Waals surface area contributed by atoms with E-state index in [0.29, 0.717) is 0 Å². The molecule has 0 aliphatic rings. The second-order valence-electron chi connectivity index (χ2n) is 13.3. The predicted octanol–water partition coefficient (Wildman–Crippen LogP) is 14.7. The predicted molar refractivity (Wildman–Crippen MR) is 227 cm³/mol. The van der Waals surface area contributed by atoms with E-state index in [1.165, 1.54) is 79.0 Å². The molecule has 4 heteroatoms. The number of hydrogen-bond donors (Lipinski definition) is 0. The molecule has 0 spiro atoms. The topological polar surface area (TPSA) is 8.17 Å². The molecule has 0 atom stereocenters. The molecule has 3 heterocycles. The van der Waals surface area contributed by atoms with Crippen LogP contribution in [0.15, 0.2) is 182 Å². The van der Waals surface area contributed by atoms with Crippen molar-refractivity contribution in [3.05, 3.63) is 182 Å². The van der Waals surface area contributed by atoms with Gasteiger partial charge < -0.3 is 9.47 Å². The Kier molecular flexibility index (Phi) is 6.63. The zero-order chi connectivity index (χ0) is 34.2. The minimum absolute atomic E-state index is 1.12. The molecule has 2 nitrogen and oxygen atoms in total. The Labute approximate surface area is 308 Å². The second-order valence-corrected chi connectivity index (χ2v) is 15.4. The van der Waals surface area contributed by atoms with Gasteiger partial charge in [0.2, 0.25) is 0 Å². The molecule has 52 heavy (non-hydrogen) atoms. The standard InChI is InChI=1S/C48H30N2S2/c1-2-12-32(13-3-1)50-41-19-7-4-14-36(41)37-29-28-34(30-43(37)50)49(42-20-10-18-39-38-15-5-8-21-44(38)52-48(39)42)33-26-24-31(25-27-33)35-17-11-23-46-47(35)40-16-6-9-22-45(40)51-46/h1-30H. The Hall–Kier alpha value is -6.20. The number of para-hydroxylation sites is 2. The lowest BCUT2D eigenvalue weighted by molar-refractivity contribution is 1.18. The molecule has 11 aromatic rings. The summed E-state index contributed by atoms with van der Waals surface area (Å²) in [5.41, 5.74) is 9.46. The Morgan fingerprint density at radius 1 is 0.404 bits per heavy atom. The summed E-state index contributed by atoms with van der Waals surface area (Å²) < 4.78 is 7.64. The van der Waals surface area contributed by atoms with E-state index in [-0.39, 0.29) is 0 Å². The van der Waals surface area contributed by atoms with Crippen LogP contribution in [0.5, 0.6) is 0 Å². The number of anilines is 3. The fraction of sp³-hybridized carbons (Fsp3) is 0. The molecule has 0 aliphatic heterocycles. The van der Waals surface area contributed by atoms with Crippen molar-refractivity contribution in [2.75, 3.05) is 4.90 Å². The Morgan fingerprint density at radius 3 is 1.88 bits per heavy atom. The smallest absolute Gasteiger partial charge is 0.0640 e. The first-order valence-corrected chi connectivity index (χ1v) is 19.2. The van der Waals surface area contributed by atoms with Gasteiger partial charge in [0, 0.05) is 63.5 Å². The van der Waals surface area contributed by atoms with Crippen LogP contribution in [0.3, 0.4) is 0 Å². The van der Waals surface area contributed by atoms with Crippen molar-refractivity contribution in [1.29, 1.82) is 0 Å². The van der Waals surface area contributed by atoms with Crippen LogP contribution < -0.4 is 4.90 Å². The quantitative estimate of drug-likeness (QED) is 0.174. The van der Waals surface area contributed by atoms with Crippen LogP contribution in [-0.4, -0.2) is 4.57 Å². The van der Waals surface area contributed by atoms with Crippen LogP contribution in [0, 0.1) is 0 Å². The second kappa shape index (κ2) is 11.7. The molecule has 11 rings (SSSR count). The van der Waals surface area contributed by atoms with Gasteiger partial charge in [0.15, 0.2) is 0 Å². The lowest BCUT2D eigenvalue weighted by atomic mass is 9.99. The number of aromatic nitrogens is 1. The third kappa shape index (κ3) is 4.48. The highest BCUT2D eigenvalue weighted by atomic mass is 32.1. The van der Waals surface area contributed by atoms with Crippen LogP contribution in [0.25, 0.3) is 79.0 Å². The highest BCUT2D eigenvalue weighted by Crippen LogP contribution is 2.47. The third-order valence-electron chi connectivity index (χ3n) is 10.4. The van der Waals surface area contributed by atoms with Crippen LogP contribution >= 0.6 is 22.7 Å². The molecule has 3 aromatic heterocycles.